The van der Waals surface area contributed by atoms with Crippen molar-refractivity contribution in [1.82, 2.24) is 20.6 Å². The summed E-state index contributed by atoms with van der Waals surface area (Å²) in [5.74, 6) is -0.352. The molecule has 0 aliphatic carbocycles. The molecule has 2 heterocycles. The SMILES string of the molecule is O=C(N/N=C/c1ccncc1)c1cc(-c2ccc3ccccc3c2)n[nH]1. The summed E-state index contributed by atoms with van der Waals surface area (Å²) in [6.45, 7) is 0. The van der Waals surface area contributed by atoms with Gasteiger partial charge in [-0.3, -0.25) is 14.9 Å². The van der Waals surface area contributed by atoms with Crippen LogP contribution in [0.3, 0.4) is 0 Å². The number of aromatic nitrogens is 3. The van der Waals surface area contributed by atoms with Gasteiger partial charge in [0.2, 0.25) is 0 Å². The quantitative estimate of drug-likeness (QED) is 0.441. The molecule has 126 valence electrons. The molecule has 0 aliphatic rings. The largest absolute Gasteiger partial charge is 0.289 e. The van der Waals surface area contributed by atoms with Gasteiger partial charge in [0.15, 0.2) is 0 Å². The second kappa shape index (κ2) is 6.98. The lowest BCUT2D eigenvalue weighted by Gasteiger charge is -2.00. The first-order chi connectivity index (χ1) is 12.8. The first-order valence-electron chi connectivity index (χ1n) is 8.07. The van der Waals surface area contributed by atoms with Crippen LogP contribution >= 0.6 is 0 Å². The predicted molar refractivity (Wildman–Crippen MR) is 101 cm³/mol. The summed E-state index contributed by atoms with van der Waals surface area (Å²) < 4.78 is 0. The Morgan fingerprint density at radius 2 is 1.81 bits per heavy atom. The fraction of sp³-hybridized carbons (Fsp3) is 0. The molecule has 0 fully saturated rings. The highest BCUT2D eigenvalue weighted by Crippen LogP contribution is 2.23. The number of nitrogens with one attached hydrogen (secondary N) is 2. The van der Waals surface area contributed by atoms with E-state index < -0.39 is 0 Å². The standard InChI is InChI=1S/C20H15N5O/c26-20(25-22-13-14-7-9-21-10-8-14)19-12-18(23-24-19)17-6-5-15-3-1-2-4-16(15)11-17/h1-13H,(H,23,24)(H,25,26)/b22-13+. The average Bonchev–Trinajstić information content (AvgIpc) is 3.19. The van der Waals surface area contributed by atoms with E-state index in [1.165, 1.54) is 0 Å². The smallest absolute Gasteiger partial charge is 0.272 e. The Hall–Kier alpha value is -3.80. The topological polar surface area (TPSA) is 83.0 Å². The van der Waals surface area contributed by atoms with Crippen LogP contribution in [0.25, 0.3) is 22.0 Å². The second-order valence-electron chi connectivity index (χ2n) is 5.71. The summed E-state index contributed by atoms with van der Waals surface area (Å²) in [4.78, 5) is 16.1. The number of benzene rings is 2. The van der Waals surface area contributed by atoms with Gasteiger partial charge in [0.1, 0.15) is 5.69 Å². The van der Waals surface area contributed by atoms with E-state index in [4.69, 9.17) is 0 Å². The van der Waals surface area contributed by atoms with Gasteiger partial charge in [0.05, 0.1) is 11.9 Å². The van der Waals surface area contributed by atoms with Crippen molar-refractivity contribution in [3.63, 3.8) is 0 Å². The molecule has 0 saturated heterocycles. The highest BCUT2D eigenvalue weighted by Gasteiger charge is 2.10. The number of hydrogen-bond acceptors (Lipinski definition) is 4. The van der Waals surface area contributed by atoms with Crippen LogP contribution in [-0.2, 0) is 0 Å². The van der Waals surface area contributed by atoms with E-state index in [1.54, 1.807) is 36.8 Å². The fourth-order valence-electron chi connectivity index (χ4n) is 2.61. The Kier molecular flexibility index (Phi) is 4.22. The van der Waals surface area contributed by atoms with E-state index in [-0.39, 0.29) is 5.91 Å². The van der Waals surface area contributed by atoms with Gasteiger partial charge in [-0.1, -0.05) is 36.4 Å². The third kappa shape index (κ3) is 3.34. The van der Waals surface area contributed by atoms with E-state index in [9.17, 15) is 4.79 Å². The molecule has 4 rings (SSSR count). The van der Waals surface area contributed by atoms with E-state index in [0.29, 0.717) is 11.4 Å². The molecule has 0 bridgehead atoms. The van der Waals surface area contributed by atoms with Crippen LogP contribution in [0.1, 0.15) is 16.1 Å². The molecule has 0 aliphatic heterocycles. The number of rotatable bonds is 4. The number of pyridine rings is 1. The minimum Gasteiger partial charge on any atom is -0.272 e. The molecule has 0 atom stereocenters. The number of fused-ring (bicyclic) bond motifs is 1. The lowest BCUT2D eigenvalue weighted by molar-refractivity contribution is 0.0950. The van der Waals surface area contributed by atoms with Gasteiger partial charge in [0, 0.05) is 18.0 Å². The minimum absolute atomic E-state index is 0.347. The van der Waals surface area contributed by atoms with Crippen molar-refractivity contribution in [3.05, 3.63) is 84.3 Å². The Labute approximate surface area is 149 Å². The van der Waals surface area contributed by atoms with Gasteiger partial charge in [0.25, 0.3) is 5.91 Å². The van der Waals surface area contributed by atoms with Crippen molar-refractivity contribution in [3.8, 4) is 11.3 Å². The Balaban J connectivity index is 1.49. The number of aromatic amines is 1. The molecular weight excluding hydrogens is 326 g/mol. The van der Waals surface area contributed by atoms with Crippen molar-refractivity contribution in [2.24, 2.45) is 5.10 Å². The maximum absolute atomic E-state index is 12.2. The number of H-pyrrole nitrogens is 1. The number of carbonyl (C=O) groups excluding carboxylic acids is 1. The summed E-state index contributed by atoms with van der Waals surface area (Å²) in [6.07, 6.45) is 4.88. The zero-order chi connectivity index (χ0) is 17.8. The lowest BCUT2D eigenvalue weighted by atomic mass is 10.1. The molecule has 0 radical (unpaired) electrons. The van der Waals surface area contributed by atoms with Crippen LogP contribution in [0.4, 0.5) is 0 Å². The molecule has 4 aromatic rings. The zero-order valence-corrected chi connectivity index (χ0v) is 13.8. The molecule has 0 saturated carbocycles. The van der Waals surface area contributed by atoms with Crippen molar-refractivity contribution in [2.45, 2.75) is 0 Å². The molecule has 2 N–H and O–H groups in total. The van der Waals surface area contributed by atoms with Crippen LogP contribution in [0.15, 0.2) is 78.2 Å². The zero-order valence-electron chi connectivity index (χ0n) is 13.8. The molecule has 0 unspecified atom stereocenters. The van der Waals surface area contributed by atoms with Gasteiger partial charge in [-0.25, -0.2) is 5.43 Å². The molecule has 6 nitrogen and oxygen atoms in total. The van der Waals surface area contributed by atoms with Gasteiger partial charge in [-0.15, -0.1) is 0 Å². The van der Waals surface area contributed by atoms with E-state index in [1.807, 2.05) is 30.3 Å². The van der Waals surface area contributed by atoms with Gasteiger partial charge < -0.3 is 0 Å². The Morgan fingerprint density at radius 3 is 2.65 bits per heavy atom. The molecular formula is C20H15N5O. The van der Waals surface area contributed by atoms with Crippen molar-refractivity contribution in [1.29, 1.82) is 0 Å². The van der Waals surface area contributed by atoms with Gasteiger partial charge in [-0.2, -0.15) is 10.2 Å². The van der Waals surface area contributed by atoms with Crippen LogP contribution < -0.4 is 5.43 Å². The fourth-order valence-corrected chi connectivity index (χ4v) is 2.61. The lowest BCUT2D eigenvalue weighted by Crippen LogP contribution is -2.17. The Morgan fingerprint density at radius 1 is 1.00 bits per heavy atom. The monoisotopic (exact) mass is 341 g/mol. The third-order valence-electron chi connectivity index (χ3n) is 3.95. The average molecular weight is 341 g/mol. The van der Waals surface area contributed by atoms with Gasteiger partial charge >= 0.3 is 0 Å². The summed E-state index contributed by atoms with van der Waals surface area (Å²) in [6, 6.07) is 19.5. The molecule has 26 heavy (non-hydrogen) atoms. The number of nitrogens with zero attached hydrogens (tertiary/aromatic N) is 3. The summed E-state index contributed by atoms with van der Waals surface area (Å²) in [5, 5.41) is 13.2. The second-order valence-corrected chi connectivity index (χ2v) is 5.71. The first-order valence-corrected chi connectivity index (χ1v) is 8.07. The highest BCUT2D eigenvalue weighted by molar-refractivity contribution is 5.94. The van der Waals surface area contributed by atoms with Crippen LogP contribution in [0.2, 0.25) is 0 Å². The van der Waals surface area contributed by atoms with Crippen LogP contribution in [0, 0.1) is 0 Å². The van der Waals surface area contributed by atoms with E-state index >= 15 is 0 Å². The summed E-state index contributed by atoms with van der Waals surface area (Å²) in [7, 11) is 0. The minimum atomic E-state index is -0.352. The van der Waals surface area contributed by atoms with E-state index in [0.717, 1.165) is 21.9 Å². The molecule has 6 heteroatoms. The van der Waals surface area contributed by atoms with Crippen LogP contribution in [-0.4, -0.2) is 27.3 Å². The molecule has 1 amide bonds. The number of carbonyl (C=O) groups is 1. The van der Waals surface area contributed by atoms with Gasteiger partial charge in [-0.05, 0) is 40.6 Å². The maximum atomic E-state index is 12.2. The van der Waals surface area contributed by atoms with Crippen molar-refractivity contribution in [2.75, 3.05) is 0 Å². The number of hydrazone groups is 1. The van der Waals surface area contributed by atoms with Crippen molar-refractivity contribution >= 4 is 22.9 Å². The third-order valence-corrected chi connectivity index (χ3v) is 3.95. The first kappa shape index (κ1) is 15.7. The van der Waals surface area contributed by atoms with Crippen LogP contribution in [0.5, 0.6) is 0 Å². The number of hydrogen-bond donors (Lipinski definition) is 2. The molecule has 2 aromatic carbocycles. The molecule has 0 spiro atoms. The summed E-state index contributed by atoms with van der Waals surface area (Å²) >= 11 is 0. The highest BCUT2D eigenvalue weighted by atomic mass is 16.2. The number of amides is 1. The Bertz CT molecular complexity index is 1090. The maximum Gasteiger partial charge on any atom is 0.289 e. The van der Waals surface area contributed by atoms with Crippen molar-refractivity contribution < 1.29 is 4.79 Å². The predicted octanol–water partition coefficient (Wildman–Crippen LogP) is 3.39. The molecule has 2 aromatic heterocycles. The normalized spacial score (nSPS) is 11.1. The van der Waals surface area contributed by atoms with E-state index in [2.05, 4.69) is 37.8 Å². The summed E-state index contributed by atoms with van der Waals surface area (Å²) in [5.41, 5.74) is 5.33.